The summed E-state index contributed by atoms with van der Waals surface area (Å²) in [6, 6.07) is 2.86. The van der Waals surface area contributed by atoms with Crippen molar-refractivity contribution in [2.24, 2.45) is 0 Å². The molecule has 2 rings (SSSR count). The average Bonchev–Trinajstić information content (AvgIpc) is 2.64. The Balaban J connectivity index is 2.51. The van der Waals surface area contributed by atoms with Crippen LogP contribution in [0.1, 0.15) is 18.4 Å². The first-order valence-electron chi connectivity index (χ1n) is 4.43. The van der Waals surface area contributed by atoms with Crippen LogP contribution in [0.5, 0.6) is 11.5 Å². The zero-order valence-electron chi connectivity index (χ0n) is 7.79. The molecule has 0 aromatic heterocycles. The van der Waals surface area contributed by atoms with Crippen LogP contribution in [0.15, 0.2) is 12.1 Å². The molecule has 0 fully saturated rings. The predicted molar refractivity (Wildman–Crippen MR) is 48.0 cm³/mol. The van der Waals surface area contributed by atoms with E-state index in [1.54, 1.807) is 6.92 Å². The second-order valence-electron chi connectivity index (χ2n) is 3.28. The van der Waals surface area contributed by atoms with Crippen molar-refractivity contribution in [3.05, 3.63) is 23.5 Å². The van der Waals surface area contributed by atoms with Crippen molar-refractivity contribution in [1.82, 2.24) is 0 Å². The number of hydrogen-bond donors (Lipinski definition) is 1. The van der Waals surface area contributed by atoms with Gasteiger partial charge in [0.25, 0.3) is 0 Å². The van der Waals surface area contributed by atoms with Gasteiger partial charge in [-0.1, -0.05) is 6.92 Å². The summed E-state index contributed by atoms with van der Waals surface area (Å²) in [4.78, 5) is 0. The van der Waals surface area contributed by atoms with Gasteiger partial charge >= 0.3 is 0 Å². The molecule has 0 bridgehead atoms. The van der Waals surface area contributed by atoms with E-state index in [1.165, 1.54) is 12.1 Å². The van der Waals surface area contributed by atoms with Crippen molar-refractivity contribution >= 4 is 0 Å². The molecule has 1 heterocycles. The molecule has 14 heavy (non-hydrogen) atoms. The summed E-state index contributed by atoms with van der Waals surface area (Å²) < 4.78 is 23.7. The van der Waals surface area contributed by atoms with Crippen LogP contribution in [-0.4, -0.2) is 18.5 Å². The van der Waals surface area contributed by atoms with E-state index in [2.05, 4.69) is 0 Å². The average molecular weight is 198 g/mol. The summed E-state index contributed by atoms with van der Waals surface area (Å²) in [6.07, 6.45) is 0. The van der Waals surface area contributed by atoms with Crippen molar-refractivity contribution in [2.45, 2.75) is 12.8 Å². The van der Waals surface area contributed by atoms with E-state index < -0.39 is 0 Å². The number of aliphatic hydroxyl groups is 1. The van der Waals surface area contributed by atoms with Gasteiger partial charge in [0.15, 0.2) is 11.5 Å². The lowest BCUT2D eigenvalue weighted by Crippen LogP contribution is -2.04. The molecule has 0 saturated carbocycles. The second-order valence-corrected chi connectivity index (χ2v) is 3.28. The highest BCUT2D eigenvalue weighted by Crippen LogP contribution is 2.40. The summed E-state index contributed by atoms with van der Waals surface area (Å²) in [5, 5.41) is 8.98. The molecular weight excluding hydrogens is 187 g/mol. The molecule has 0 aliphatic carbocycles. The maximum absolute atomic E-state index is 13.4. The number of aliphatic hydroxyl groups excluding tert-OH is 1. The number of ether oxygens (including phenoxy) is 2. The Labute approximate surface area is 81.1 Å². The fraction of sp³-hybridized carbons (Fsp3) is 0.400. The molecule has 0 saturated heterocycles. The first kappa shape index (κ1) is 9.27. The zero-order chi connectivity index (χ0) is 10.1. The Morgan fingerprint density at radius 3 is 3.00 bits per heavy atom. The molecule has 1 aromatic rings. The molecule has 1 N–H and O–H groups in total. The van der Waals surface area contributed by atoms with E-state index in [9.17, 15) is 4.39 Å². The fourth-order valence-corrected chi connectivity index (χ4v) is 1.52. The summed E-state index contributed by atoms with van der Waals surface area (Å²) in [5.41, 5.74) is 0.391. The molecule has 0 spiro atoms. The number of benzene rings is 1. The van der Waals surface area contributed by atoms with Crippen molar-refractivity contribution in [3.63, 3.8) is 0 Å². The smallest absolute Gasteiger partial charge is 0.231 e. The van der Waals surface area contributed by atoms with Crippen LogP contribution >= 0.6 is 0 Å². The summed E-state index contributed by atoms with van der Waals surface area (Å²) in [6.45, 7) is 1.74. The summed E-state index contributed by atoms with van der Waals surface area (Å²) in [5.74, 6) is 0.315. The third kappa shape index (κ3) is 1.32. The first-order valence-corrected chi connectivity index (χ1v) is 4.43. The molecule has 1 unspecified atom stereocenters. The SMILES string of the molecule is CC(CO)c1c(F)ccc2c1OCO2. The lowest BCUT2D eigenvalue weighted by molar-refractivity contribution is 0.172. The molecule has 76 valence electrons. The van der Waals surface area contributed by atoms with Crippen LogP contribution in [0.4, 0.5) is 4.39 Å². The molecule has 3 nitrogen and oxygen atoms in total. The molecule has 1 atom stereocenters. The Hall–Kier alpha value is -1.29. The van der Waals surface area contributed by atoms with Crippen LogP contribution in [-0.2, 0) is 0 Å². The van der Waals surface area contributed by atoms with Crippen LogP contribution in [0.25, 0.3) is 0 Å². The van der Waals surface area contributed by atoms with Crippen LogP contribution in [0.2, 0.25) is 0 Å². The van der Waals surface area contributed by atoms with Gasteiger partial charge in [-0.3, -0.25) is 0 Å². The zero-order valence-corrected chi connectivity index (χ0v) is 7.79. The minimum atomic E-state index is -0.365. The highest BCUT2D eigenvalue weighted by atomic mass is 19.1. The molecule has 1 aromatic carbocycles. The number of rotatable bonds is 2. The summed E-state index contributed by atoms with van der Waals surface area (Å²) in [7, 11) is 0. The van der Waals surface area contributed by atoms with Gasteiger partial charge < -0.3 is 14.6 Å². The highest BCUT2D eigenvalue weighted by molar-refractivity contribution is 5.50. The van der Waals surface area contributed by atoms with Crippen LogP contribution in [0, 0.1) is 5.82 Å². The van der Waals surface area contributed by atoms with Crippen molar-refractivity contribution in [1.29, 1.82) is 0 Å². The molecule has 1 aliphatic rings. The lowest BCUT2D eigenvalue weighted by atomic mass is 10.00. The van der Waals surface area contributed by atoms with E-state index in [-0.39, 0.29) is 25.1 Å². The quantitative estimate of drug-likeness (QED) is 0.785. The molecule has 1 aliphatic heterocycles. The van der Waals surface area contributed by atoms with Gasteiger partial charge in [-0.25, -0.2) is 4.39 Å². The predicted octanol–water partition coefficient (Wildman–Crippen LogP) is 1.65. The largest absolute Gasteiger partial charge is 0.454 e. The molecule has 0 radical (unpaired) electrons. The lowest BCUT2D eigenvalue weighted by Gasteiger charge is -2.12. The van der Waals surface area contributed by atoms with Crippen LogP contribution < -0.4 is 9.47 Å². The first-order chi connectivity index (χ1) is 6.74. The fourth-order valence-electron chi connectivity index (χ4n) is 1.52. The highest BCUT2D eigenvalue weighted by Gasteiger charge is 2.24. The van der Waals surface area contributed by atoms with Crippen molar-refractivity contribution in [2.75, 3.05) is 13.4 Å². The molecular formula is C10H11FO3. The Morgan fingerprint density at radius 1 is 1.50 bits per heavy atom. The Bertz CT molecular complexity index is 351. The van der Waals surface area contributed by atoms with Gasteiger partial charge in [-0.15, -0.1) is 0 Å². The number of halogens is 1. The van der Waals surface area contributed by atoms with Gasteiger partial charge in [0.2, 0.25) is 6.79 Å². The minimum absolute atomic E-state index is 0.114. The maximum Gasteiger partial charge on any atom is 0.231 e. The van der Waals surface area contributed by atoms with Gasteiger partial charge in [0.1, 0.15) is 5.82 Å². The monoisotopic (exact) mass is 198 g/mol. The third-order valence-electron chi connectivity index (χ3n) is 2.29. The van der Waals surface area contributed by atoms with E-state index in [0.29, 0.717) is 17.1 Å². The molecule has 0 amide bonds. The van der Waals surface area contributed by atoms with E-state index in [1.807, 2.05) is 0 Å². The Morgan fingerprint density at radius 2 is 2.29 bits per heavy atom. The normalized spacial score (nSPS) is 15.6. The summed E-state index contributed by atoms with van der Waals surface area (Å²) >= 11 is 0. The van der Waals surface area contributed by atoms with E-state index in [4.69, 9.17) is 14.6 Å². The van der Waals surface area contributed by atoms with Crippen LogP contribution in [0.3, 0.4) is 0 Å². The third-order valence-corrected chi connectivity index (χ3v) is 2.29. The maximum atomic E-state index is 13.4. The van der Waals surface area contributed by atoms with Gasteiger partial charge in [0, 0.05) is 18.1 Å². The molecule has 4 heteroatoms. The number of fused-ring (bicyclic) bond motifs is 1. The van der Waals surface area contributed by atoms with Gasteiger partial charge in [-0.2, -0.15) is 0 Å². The topological polar surface area (TPSA) is 38.7 Å². The minimum Gasteiger partial charge on any atom is -0.454 e. The van der Waals surface area contributed by atoms with E-state index >= 15 is 0 Å². The standard InChI is InChI=1S/C10H11FO3/c1-6(4-12)9-7(11)2-3-8-10(9)14-5-13-8/h2-3,6,12H,4-5H2,1H3. The number of hydrogen-bond acceptors (Lipinski definition) is 3. The van der Waals surface area contributed by atoms with Gasteiger partial charge in [-0.05, 0) is 12.1 Å². The Kier molecular flexibility index (Phi) is 2.29. The van der Waals surface area contributed by atoms with Crippen molar-refractivity contribution < 1.29 is 19.0 Å². The second kappa shape index (κ2) is 3.46. The van der Waals surface area contributed by atoms with Gasteiger partial charge in [0.05, 0.1) is 0 Å². The van der Waals surface area contributed by atoms with Crippen molar-refractivity contribution in [3.8, 4) is 11.5 Å². The van der Waals surface area contributed by atoms with E-state index in [0.717, 1.165) is 0 Å².